The molecule has 0 radical (unpaired) electrons. The first kappa shape index (κ1) is 17.7. The third-order valence-electron chi connectivity index (χ3n) is 2.53. The van der Waals surface area contributed by atoms with Gasteiger partial charge in [-0.1, -0.05) is 0 Å². The zero-order chi connectivity index (χ0) is 16.9. The molecule has 0 spiro atoms. The van der Waals surface area contributed by atoms with Gasteiger partial charge in [0, 0.05) is 18.8 Å². The summed E-state index contributed by atoms with van der Waals surface area (Å²) in [5.41, 5.74) is -2.09. The second-order valence-corrected chi connectivity index (χ2v) is 4.01. The summed E-state index contributed by atoms with van der Waals surface area (Å²) in [5, 5.41) is 2.51. The first-order valence-corrected chi connectivity index (χ1v) is 6.33. The van der Waals surface area contributed by atoms with Gasteiger partial charge in [0.25, 0.3) is 0 Å². The highest BCUT2D eigenvalue weighted by Crippen LogP contribution is 2.22. The van der Waals surface area contributed by atoms with Gasteiger partial charge in [0.2, 0.25) is 5.78 Å². The molecule has 1 N–H and O–H groups in total. The van der Waals surface area contributed by atoms with Crippen molar-refractivity contribution in [3.05, 3.63) is 46.7 Å². The molecule has 0 aliphatic heterocycles. The number of nitrogens with one attached hydrogen (secondary N) is 1. The Morgan fingerprint density at radius 2 is 1.77 bits per heavy atom. The molecule has 0 fully saturated rings. The Hall–Kier alpha value is -2.38. The van der Waals surface area contributed by atoms with E-state index in [4.69, 9.17) is 0 Å². The van der Waals surface area contributed by atoms with Gasteiger partial charge in [-0.15, -0.1) is 0 Å². The van der Waals surface area contributed by atoms with Crippen LogP contribution >= 0.6 is 0 Å². The average Bonchev–Trinajstić information content (AvgIpc) is 2.45. The van der Waals surface area contributed by atoms with Gasteiger partial charge >= 0.3 is 5.97 Å². The summed E-state index contributed by atoms with van der Waals surface area (Å²) in [5.74, 6) is -10.00. The van der Waals surface area contributed by atoms with E-state index >= 15 is 0 Å². The van der Waals surface area contributed by atoms with Crippen molar-refractivity contribution in [2.75, 3.05) is 13.2 Å². The van der Waals surface area contributed by atoms with E-state index < -0.39 is 46.2 Å². The second kappa shape index (κ2) is 7.58. The lowest BCUT2D eigenvalue weighted by Crippen LogP contribution is -2.22. The zero-order valence-electron chi connectivity index (χ0n) is 11.8. The Balaban J connectivity index is 3.37. The number of Topliss-reactive ketones (excluding diaryl/α,β-unsaturated/α-hetero) is 1. The predicted molar refractivity (Wildman–Crippen MR) is 69.0 cm³/mol. The molecule has 0 unspecified atom stereocenters. The SMILES string of the molecule is CCN/C=C(\C(=O)OCC)C(=O)c1c(F)cc(F)c(F)c1F. The van der Waals surface area contributed by atoms with Crippen molar-refractivity contribution in [1.82, 2.24) is 5.32 Å². The summed E-state index contributed by atoms with van der Waals surface area (Å²) in [6.07, 6.45) is 0.903. The number of ether oxygens (including phenoxy) is 1. The van der Waals surface area contributed by atoms with Gasteiger partial charge in [-0.05, 0) is 13.8 Å². The fourth-order valence-corrected chi connectivity index (χ4v) is 1.54. The number of carbonyl (C=O) groups is 2. The largest absolute Gasteiger partial charge is 0.462 e. The lowest BCUT2D eigenvalue weighted by Gasteiger charge is -2.09. The van der Waals surface area contributed by atoms with Crippen LogP contribution in [0.25, 0.3) is 0 Å². The van der Waals surface area contributed by atoms with Gasteiger partial charge in [-0.2, -0.15) is 0 Å². The summed E-state index contributed by atoms with van der Waals surface area (Å²) in [7, 11) is 0. The van der Waals surface area contributed by atoms with Crippen molar-refractivity contribution < 1.29 is 31.9 Å². The molecule has 0 amide bonds. The number of hydrogen-bond donors (Lipinski definition) is 1. The van der Waals surface area contributed by atoms with Gasteiger partial charge in [-0.3, -0.25) is 4.79 Å². The zero-order valence-corrected chi connectivity index (χ0v) is 11.8. The maximum absolute atomic E-state index is 13.6. The van der Waals surface area contributed by atoms with E-state index in [2.05, 4.69) is 10.1 Å². The Labute approximate surface area is 123 Å². The molecule has 4 nitrogen and oxygen atoms in total. The van der Waals surface area contributed by atoms with Crippen molar-refractivity contribution in [2.24, 2.45) is 0 Å². The van der Waals surface area contributed by atoms with Crippen LogP contribution < -0.4 is 5.32 Å². The summed E-state index contributed by atoms with van der Waals surface area (Å²) < 4.78 is 57.9. The number of rotatable bonds is 6. The maximum atomic E-state index is 13.6. The molecule has 0 bridgehead atoms. The molecular formula is C14H13F4NO3. The molecule has 0 saturated carbocycles. The van der Waals surface area contributed by atoms with Gasteiger partial charge in [-0.25, -0.2) is 22.4 Å². The predicted octanol–water partition coefficient (Wildman–Crippen LogP) is 2.48. The number of esters is 1. The molecule has 22 heavy (non-hydrogen) atoms. The van der Waals surface area contributed by atoms with Crippen LogP contribution in [-0.2, 0) is 9.53 Å². The molecule has 0 aliphatic rings. The first-order chi connectivity index (χ1) is 10.3. The van der Waals surface area contributed by atoms with Gasteiger partial charge < -0.3 is 10.1 Å². The van der Waals surface area contributed by atoms with E-state index in [9.17, 15) is 27.2 Å². The summed E-state index contributed by atoms with van der Waals surface area (Å²) in [6, 6.07) is 0.0294. The fraction of sp³-hybridized carbons (Fsp3) is 0.286. The Morgan fingerprint density at radius 3 is 2.32 bits per heavy atom. The van der Waals surface area contributed by atoms with Gasteiger partial charge in [0.1, 0.15) is 11.4 Å². The molecule has 0 saturated heterocycles. The molecule has 1 aromatic carbocycles. The molecule has 8 heteroatoms. The number of halogens is 4. The standard InChI is InChI=1S/C14H13F4NO3/c1-3-19-6-7(14(21)22-4-2)13(20)10-8(15)5-9(16)11(17)12(10)18/h5-6,19H,3-4H2,1-2H3/b7-6-. The minimum Gasteiger partial charge on any atom is -0.462 e. The Bertz CT molecular complexity index is 629. The van der Waals surface area contributed by atoms with Crippen molar-refractivity contribution in [2.45, 2.75) is 13.8 Å². The molecule has 0 aromatic heterocycles. The lowest BCUT2D eigenvalue weighted by molar-refractivity contribution is -0.138. The summed E-state index contributed by atoms with van der Waals surface area (Å²) >= 11 is 0. The summed E-state index contributed by atoms with van der Waals surface area (Å²) in [4.78, 5) is 23.8. The Morgan fingerprint density at radius 1 is 1.14 bits per heavy atom. The molecule has 0 heterocycles. The quantitative estimate of drug-likeness (QED) is 0.128. The van der Waals surface area contributed by atoms with Gasteiger partial charge in [0.05, 0.1) is 12.2 Å². The number of carbonyl (C=O) groups excluding carboxylic acids is 2. The van der Waals surface area contributed by atoms with Crippen LogP contribution in [0.3, 0.4) is 0 Å². The molecule has 1 aromatic rings. The summed E-state index contributed by atoms with van der Waals surface area (Å²) in [6.45, 7) is 3.33. The third kappa shape index (κ3) is 3.63. The molecule has 0 aliphatic carbocycles. The van der Waals surface area contributed by atoms with Crippen molar-refractivity contribution in [1.29, 1.82) is 0 Å². The van der Waals surface area contributed by atoms with Gasteiger partial charge in [0.15, 0.2) is 17.5 Å². The fourth-order valence-electron chi connectivity index (χ4n) is 1.54. The smallest absolute Gasteiger partial charge is 0.343 e. The van der Waals surface area contributed by atoms with E-state index in [-0.39, 0.29) is 12.7 Å². The maximum Gasteiger partial charge on any atom is 0.343 e. The minimum absolute atomic E-state index is 0.0294. The molecular weight excluding hydrogens is 306 g/mol. The van der Waals surface area contributed by atoms with E-state index in [1.54, 1.807) is 6.92 Å². The van der Waals surface area contributed by atoms with E-state index in [0.717, 1.165) is 6.20 Å². The van der Waals surface area contributed by atoms with Crippen LogP contribution in [0.1, 0.15) is 24.2 Å². The minimum atomic E-state index is -2.01. The van der Waals surface area contributed by atoms with Crippen LogP contribution in [0.5, 0.6) is 0 Å². The molecule has 120 valence electrons. The number of hydrogen-bond acceptors (Lipinski definition) is 4. The molecule has 0 atom stereocenters. The molecule has 1 rings (SSSR count). The van der Waals surface area contributed by atoms with Crippen LogP contribution in [-0.4, -0.2) is 24.9 Å². The van der Waals surface area contributed by atoms with Crippen molar-refractivity contribution >= 4 is 11.8 Å². The highest BCUT2D eigenvalue weighted by Gasteiger charge is 2.30. The topological polar surface area (TPSA) is 55.4 Å². The normalized spacial score (nSPS) is 11.3. The van der Waals surface area contributed by atoms with Crippen LogP contribution in [0, 0.1) is 23.3 Å². The average molecular weight is 319 g/mol. The van der Waals surface area contributed by atoms with Crippen molar-refractivity contribution in [3.8, 4) is 0 Å². The second-order valence-electron chi connectivity index (χ2n) is 4.01. The number of benzene rings is 1. The third-order valence-corrected chi connectivity index (χ3v) is 2.53. The first-order valence-electron chi connectivity index (χ1n) is 6.33. The van der Waals surface area contributed by atoms with Crippen LogP contribution in [0.15, 0.2) is 17.8 Å². The monoisotopic (exact) mass is 319 g/mol. The highest BCUT2D eigenvalue weighted by molar-refractivity contribution is 6.24. The lowest BCUT2D eigenvalue weighted by atomic mass is 10.0. The number of ketones is 1. The Kier molecular flexibility index (Phi) is 6.09. The van der Waals surface area contributed by atoms with E-state index in [0.29, 0.717) is 6.54 Å². The van der Waals surface area contributed by atoms with Crippen molar-refractivity contribution in [3.63, 3.8) is 0 Å². The van der Waals surface area contributed by atoms with E-state index in [1.807, 2.05) is 0 Å². The van der Waals surface area contributed by atoms with Crippen LogP contribution in [0.2, 0.25) is 0 Å². The highest BCUT2D eigenvalue weighted by atomic mass is 19.2. The van der Waals surface area contributed by atoms with E-state index in [1.165, 1.54) is 6.92 Å². The van der Waals surface area contributed by atoms with Crippen LogP contribution in [0.4, 0.5) is 17.6 Å².